The second-order valence-corrected chi connectivity index (χ2v) is 4.99. The number of hydrogen-bond donors (Lipinski definition) is 1. The van der Waals surface area contributed by atoms with Gasteiger partial charge in [0.2, 0.25) is 0 Å². The molecule has 1 rings (SSSR count). The lowest BCUT2D eigenvalue weighted by molar-refractivity contribution is 0.292. The van der Waals surface area contributed by atoms with Crippen LogP contribution in [0, 0.1) is 11.3 Å². The van der Waals surface area contributed by atoms with Crippen LogP contribution >= 0.6 is 0 Å². The predicted octanol–water partition coefficient (Wildman–Crippen LogP) is 3.31. The zero-order chi connectivity index (χ0) is 10.8. The van der Waals surface area contributed by atoms with Gasteiger partial charge in [0, 0.05) is 0 Å². The standard InChI is InChI=1S/C13H22O/c1-10(9-14)5-7-12-8-6-11(2)13(12,3)4/h5-6,12,14H,7-9H2,1-4H3/b10-5-/t12-/m0/s1. The molecule has 0 heterocycles. The van der Waals surface area contributed by atoms with Gasteiger partial charge in [-0.25, -0.2) is 0 Å². The van der Waals surface area contributed by atoms with Crippen molar-refractivity contribution in [3.8, 4) is 0 Å². The van der Waals surface area contributed by atoms with Gasteiger partial charge in [0.1, 0.15) is 0 Å². The van der Waals surface area contributed by atoms with Gasteiger partial charge in [-0.1, -0.05) is 37.1 Å². The van der Waals surface area contributed by atoms with Gasteiger partial charge in [0.05, 0.1) is 6.61 Å². The maximum atomic E-state index is 8.91. The third-order valence-corrected chi connectivity index (χ3v) is 3.75. The van der Waals surface area contributed by atoms with Crippen molar-refractivity contribution in [2.75, 3.05) is 6.61 Å². The van der Waals surface area contributed by atoms with Crippen molar-refractivity contribution < 1.29 is 5.11 Å². The molecule has 0 amide bonds. The number of aliphatic hydroxyl groups is 1. The number of hydrogen-bond acceptors (Lipinski definition) is 1. The van der Waals surface area contributed by atoms with Crippen molar-refractivity contribution >= 4 is 0 Å². The second kappa shape index (κ2) is 4.31. The lowest BCUT2D eigenvalue weighted by Gasteiger charge is -2.29. The molecule has 0 radical (unpaired) electrons. The van der Waals surface area contributed by atoms with E-state index in [1.807, 2.05) is 6.92 Å². The summed E-state index contributed by atoms with van der Waals surface area (Å²) in [6, 6.07) is 0. The van der Waals surface area contributed by atoms with E-state index in [4.69, 9.17) is 5.11 Å². The second-order valence-electron chi connectivity index (χ2n) is 4.99. The Labute approximate surface area is 87.5 Å². The molecule has 1 atom stereocenters. The Kier molecular flexibility index (Phi) is 3.54. The number of rotatable bonds is 3. The van der Waals surface area contributed by atoms with Crippen molar-refractivity contribution in [2.24, 2.45) is 11.3 Å². The Morgan fingerprint density at radius 2 is 2.29 bits per heavy atom. The number of aliphatic hydroxyl groups excluding tert-OH is 1. The summed E-state index contributed by atoms with van der Waals surface area (Å²) < 4.78 is 0. The van der Waals surface area contributed by atoms with Gasteiger partial charge in [0.15, 0.2) is 0 Å². The summed E-state index contributed by atoms with van der Waals surface area (Å²) in [5, 5.41) is 8.91. The zero-order valence-corrected chi connectivity index (χ0v) is 9.80. The average molecular weight is 194 g/mol. The van der Waals surface area contributed by atoms with Crippen LogP contribution in [0.1, 0.15) is 40.5 Å². The summed E-state index contributed by atoms with van der Waals surface area (Å²) in [5.74, 6) is 0.712. The Morgan fingerprint density at radius 1 is 1.64 bits per heavy atom. The molecule has 1 N–H and O–H groups in total. The maximum absolute atomic E-state index is 8.91. The van der Waals surface area contributed by atoms with Crippen LogP contribution in [0.25, 0.3) is 0 Å². The fourth-order valence-electron chi connectivity index (χ4n) is 2.00. The number of allylic oxidation sites excluding steroid dienone is 3. The largest absolute Gasteiger partial charge is 0.392 e. The molecule has 0 fully saturated rings. The first-order chi connectivity index (χ1) is 6.48. The molecule has 1 aliphatic carbocycles. The minimum Gasteiger partial charge on any atom is -0.392 e. The minimum absolute atomic E-state index is 0.194. The van der Waals surface area contributed by atoms with Crippen LogP contribution in [0.4, 0.5) is 0 Å². The Morgan fingerprint density at radius 3 is 2.71 bits per heavy atom. The first kappa shape index (κ1) is 11.5. The molecule has 0 aliphatic heterocycles. The van der Waals surface area contributed by atoms with Gasteiger partial charge in [-0.3, -0.25) is 0 Å². The highest BCUT2D eigenvalue weighted by atomic mass is 16.3. The van der Waals surface area contributed by atoms with Gasteiger partial charge < -0.3 is 5.11 Å². The van der Waals surface area contributed by atoms with E-state index in [-0.39, 0.29) is 6.61 Å². The maximum Gasteiger partial charge on any atom is 0.0639 e. The van der Waals surface area contributed by atoms with E-state index in [9.17, 15) is 0 Å². The third kappa shape index (κ3) is 2.27. The molecule has 0 aromatic heterocycles. The van der Waals surface area contributed by atoms with Crippen molar-refractivity contribution in [1.82, 2.24) is 0 Å². The lowest BCUT2D eigenvalue weighted by atomic mass is 9.76. The van der Waals surface area contributed by atoms with Crippen molar-refractivity contribution in [1.29, 1.82) is 0 Å². The molecular weight excluding hydrogens is 172 g/mol. The smallest absolute Gasteiger partial charge is 0.0639 e. The van der Waals surface area contributed by atoms with Crippen LogP contribution in [0.3, 0.4) is 0 Å². The molecule has 0 aromatic carbocycles. The first-order valence-corrected chi connectivity index (χ1v) is 5.42. The molecule has 1 heteroatoms. The van der Waals surface area contributed by atoms with Crippen LogP contribution in [0.2, 0.25) is 0 Å². The molecule has 0 unspecified atom stereocenters. The average Bonchev–Trinajstić information content (AvgIpc) is 2.39. The molecule has 14 heavy (non-hydrogen) atoms. The summed E-state index contributed by atoms with van der Waals surface area (Å²) in [6.07, 6.45) is 6.81. The quantitative estimate of drug-likeness (QED) is 0.683. The van der Waals surface area contributed by atoms with E-state index in [1.165, 1.54) is 12.0 Å². The van der Waals surface area contributed by atoms with Crippen molar-refractivity contribution in [2.45, 2.75) is 40.5 Å². The van der Waals surface area contributed by atoms with Crippen LogP contribution in [-0.2, 0) is 0 Å². The Balaban J connectivity index is 2.58. The van der Waals surface area contributed by atoms with E-state index in [0.717, 1.165) is 12.0 Å². The van der Waals surface area contributed by atoms with Crippen LogP contribution in [0.5, 0.6) is 0 Å². The summed E-state index contributed by atoms with van der Waals surface area (Å²) in [4.78, 5) is 0. The van der Waals surface area contributed by atoms with Crippen LogP contribution < -0.4 is 0 Å². The zero-order valence-electron chi connectivity index (χ0n) is 9.80. The van der Waals surface area contributed by atoms with E-state index in [0.29, 0.717) is 11.3 Å². The normalized spacial score (nSPS) is 26.5. The lowest BCUT2D eigenvalue weighted by Crippen LogP contribution is -2.19. The molecule has 1 nitrogen and oxygen atoms in total. The molecule has 0 spiro atoms. The molecule has 0 aromatic rings. The topological polar surface area (TPSA) is 20.2 Å². The van der Waals surface area contributed by atoms with Gasteiger partial charge in [-0.15, -0.1) is 0 Å². The van der Waals surface area contributed by atoms with Crippen molar-refractivity contribution in [3.63, 3.8) is 0 Å². The minimum atomic E-state index is 0.194. The molecular formula is C13H22O. The fraction of sp³-hybridized carbons (Fsp3) is 0.692. The highest BCUT2D eigenvalue weighted by Crippen LogP contribution is 2.44. The van der Waals surface area contributed by atoms with E-state index in [2.05, 4.69) is 32.9 Å². The Bertz CT molecular complexity index is 258. The van der Waals surface area contributed by atoms with Gasteiger partial charge in [-0.2, -0.15) is 0 Å². The predicted molar refractivity (Wildman–Crippen MR) is 61.1 cm³/mol. The third-order valence-electron chi connectivity index (χ3n) is 3.75. The highest BCUT2D eigenvalue weighted by molar-refractivity contribution is 5.19. The molecule has 0 bridgehead atoms. The Hall–Kier alpha value is -0.560. The van der Waals surface area contributed by atoms with Crippen molar-refractivity contribution in [3.05, 3.63) is 23.3 Å². The monoisotopic (exact) mass is 194 g/mol. The molecule has 0 saturated heterocycles. The fourth-order valence-corrected chi connectivity index (χ4v) is 2.00. The van der Waals surface area contributed by atoms with Crippen LogP contribution in [0.15, 0.2) is 23.3 Å². The van der Waals surface area contributed by atoms with E-state index < -0.39 is 0 Å². The van der Waals surface area contributed by atoms with E-state index >= 15 is 0 Å². The van der Waals surface area contributed by atoms with E-state index in [1.54, 1.807) is 0 Å². The molecule has 1 aliphatic rings. The highest BCUT2D eigenvalue weighted by Gasteiger charge is 2.33. The van der Waals surface area contributed by atoms with Gasteiger partial charge >= 0.3 is 0 Å². The SMILES string of the molecule is CC1=CC[C@H](C/C=C(/C)CO)C1(C)C. The summed E-state index contributed by atoms with van der Waals surface area (Å²) in [7, 11) is 0. The summed E-state index contributed by atoms with van der Waals surface area (Å²) >= 11 is 0. The van der Waals surface area contributed by atoms with Gasteiger partial charge in [-0.05, 0) is 38.0 Å². The molecule has 0 saturated carbocycles. The summed E-state index contributed by atoms with van der Waals surface area (Å²) in [5.41, 5.74) is 2.94. The van der Waals surface area contributed by atoms with Gasteiger partial charge in [0.25, 0.3) is 0 Å². The molecule has 80 valence electrons. The first-order valence-electron chi connectivity index (χ1n) is 5.42. The van der Waals surface area contributed by atoms with Crippen LogP contribution in [-0.4, -0.2) is 11.7 Å². The summed E-state index contributed by atoms with van der Waals surface area (Å²) in [6.45, 7) is 9.04.